The van der Waals surface area contributed by atoms with Crippen molar-refractivity contribution in [1.29, 1.82) is 0 Å². The van der Waals surface area contributed by atoms with E-state index in [2.05, 4.69) is 4.98 Å². The molecule has 3 heterocycles. The lowest BCUT2D eigenvalue weighted by atomic mass is 10.0. The van der Waals surface area contributed by atoms with Crippen LogP contribution in [-0.4, -0.2) is 34.6 Å². The summed E-state index contributed by atoms with van der Waals surface area (Å²) >= 11 is 0. The van der Waals surface area contributed by atoms with Crippen LogP contribution in [0.3, 0.4) is 0 Å². The Kier molecular flexibility index (Phi) is 2.94. The molecule has 2 atom stereocenters. The summed E-state index contributed by atoms with van der Waals surface area (Å²) in [6.45, 7) is 0.874. The summed E-state index contributed by atoms with van der Waals surface area (Å²) in [5.74, 6) is 1.23. The molecule has 0 spiro atoms. The maximum Gasteiger partial charge on any atom is 0.150 e. The molecular formula is C12H18N2O3S. The molecule has 1 saturated heterocycles. The molecule has 3 rings (SSSR count). The third-order valence-electron chi connectivity index (χ3n) is 3.88. The molecule has 100 valence electrons. The lowest BCUT2D eigenvalue weighted by molar-refractivity contribution is 0.133. The van der Waals surface area contributed by atoms with Crippen molar-refractivity contribution < 1.29 is 13.5 Å². The van der Waals surface area contributed by atoms with E-state index in [-0.39, 0.29) is 11.7 Å². The van der Waals surface area contributed by atoms with Gasteiger partial charge in [0.1, 0.15) is 11.9 Å². The van der Waals surface area contributed by atoms with Crippen LogP contribution in [0.5, 0.6) is 0 Å². The third-order valence-corrected chi connectivity index (χ3v) is 5.70. The summed E-state index contributed by atoms with van der Waals surface area (Å²) in [6, 6.07) is 0. The number of nitrogens with zero attached hydrogens (tertiary/aromatic N) is 2. The van der Waals surface area contributed by atoms with Crippen LogP contribution >= 0.6 is 0 Å². The van der Waals surface area contributed by atoms with E-state index in [4.69, 9.17) is 0 Å². The molecule has 1 fully saturated rings. The van der Waals surface area contributed by atoms with Gasteiger partial charge in [-0.3, -0.25) is 0 Å². The van der Waals surface area contributed by atoms with Crippen LogP contribution in [0.2, 0.25) is 0 Å². The fourth-order valence-corrected chi connectivity index (χ4v) is 4.66. The number of rotatable bonds is 1. The van der Waals surface area contributed by atoms with Crippen molar-refractivity contribution >= 4 is 9.84 Å². The zero-order chi connectivity index (χ0) is 12.8. The van der Waals surface area contributed by atoms with Crippen LogP contribution < -0.4 is 0 Å². The Hall–Kier alpha value is -0.880. The number of aliphatic hydroxyl groups is 1. The second kappa shape index (κ2) is 4.35. The van der Waals surface area contributed by atoms with E-state index in [1.165, 1.54) is 0 Å². The quantitative estimate of drug-likeness (QED) is 0.826. The van der Waals surface area contributed by atoms with Crippen LogP contribution in [-0.2, 0) is 16.4 Å². The minimum Gasteiger partial charge on any atom is -0.385 e. The molecule has 1 N–H and O–H groups in total. The number of fused-ring (bicyclic) bond motifs is 1. The van der Waals surface area contributed by atoms with Crippen LogP contribution in [0.25, 0.3) is 0 Å². The van der Waals surface area contributed by atoms with Gasteiger partial charge in [-0.25, -0.2) is 13.4 Å². The van der Waals surface area contributed by atoms with Crippen molar-refractivity contribution in [2.45, 2.75) is 44.2 Å². The standard InChI is InChI=1S/C12H18N2O3S/c15-11-4-1-5-14-7-10(13-12(11)14)9-3-2-6-18(16,17)8-9/h7,9,11,15H,1-6,8H2. The van der Waals surface area contributed by atoms with E-state index >= 15 is 0 Å². The lowest BCUT2D eigenvalue weighted by Crippen LogP contribution is -2.23. The summed E-state index contributed by atoms with van der Waals surface area (Å²) in [5, 5.41) is 9.87. The first-order chi connectivity index (χ1) is 8.55. The normalized spacial score (nSPS) is 30.9. The summed E-state index contributed by atoms with van der Waals surface area (Å²) in [5.41, 5.74) is 0.842. The average molecular weight is 270 g/mol. The van der Waals surface area contributed by atoms with E-state index in [0.717, 1.165) is 37.9 Å². The average Bonchev–Trinajstić information content (AvgIpc) is 2.73. The summed E-state index contributed by atoms with van der Waals surface area (Å²) in [4.78, 5) is 4.47. The van der Waals surface area contributed by atoms with Gasteiger partial charge in [-0.05, 0) is 25.7 Å². The Labute approximate surface area is 107 Å². The Morgan fingerprint density at radius 2 is 2.17 bits per heavy atom. The third kappa shape index (κ3) is 2.19. The first-order valence-electron chi connectivity index (χ1n) is 6.50. The molecule has 0 aromatic carbocycles. The second-order valence-electron chi connectivity index (χ2n) is 5.33. The van der Waals surface area contributed by atoms with E-state index in [0.29, 0.717) is 11.6 Å². The SMILES string of the molecule is O=S1(=O)CCCC(c2cn3c(n2)C(O)CCC3)C1. The molecular weight excluding hydrogens is 252 g/mol. The van der Waals surface area contributed by atoms with Crippen molar-refractivity contribution in [3.8, 4) is 0 Å². The molecule has 0 amide bonds. The number of hydrogen-bond donors (Lipinski definition) is 1. The van der Waals surface area contributed by atoms with E-state index < -0.39 is 15.9 Å². The van der Waals surface area contributed by atoms with Crippen molar-refractivity contribution in [3.05, 3.63) is 17.7 Å². The molecule has 2 aliphatic heterocycles. The van der Waals surface area contributed by atoms with Gasteiger partial charge in [0.25, 0.3) is 0 Å². The second-order valence-corrected chi connectivity index (χ2v) is 7.56. The van der Waals surface area contributed by atoms with Crippen molar-refractivity contribution in [2.24, 2.45) is 0 Å². The van der Waals surface area contributed by atoms with Gasteiger partial charge < -0.3 is 9.67 Å². The van der Waals surface area contributed by atoms with Gasteiger partial charge in [-0.2, -0.15) is 0 Å². The minimum absolute atomic E-state index is 0.00838. The Morgan fingerprint density at radius 3 is 2.89 bits per heavy atom. The fraction of sp³-hybridized carbons (Fsp3) is 0.750. The van der Waals surface area contributed by atoms with Crippen LogP contribution in [0.1, 0.15) is 49.2 Å². The van der Waals surface area contributed by atoms with Crippen molar-refractivity contribution in [1.82, 2.24) is 9.55 Å². The Morgan fingerprint density at radius 1 is 1.33 bits per heavy atom. The lowest BCUT2D eigenvalue weighted by Gasteiger charge is -2.19. The fourth-order valence-electron chi connectivity index (χ4n) is 2.93. The first-order valence-corrected chi connectivity index (χ1v) is 8.33. The van der Waals surface area contributed by atoms with Crippen LogP contribution in [0, 0.1) is 0 Å². The van der Waals surface area contributed by atoms with Gasteiger partial charge in [0.05, 0.1) is 17.2 Å². The molecule has 5 nitrogen and oxygen atoms in total. The maximum absolute atomic E-state index is 11.7. The molecule has 0 radical (unpaired) electrons. The van der Waals surface area contributed by atoms with Gasteiger partial charge in [0, 0.05) is 18.7 Å². The van der Waals surface area contributed by atoms with Gasteiger partial charge in [-0.1, -0.05) is 0 Å². The molecule has 18 heavy (non-hydrogen) atoms. The maximum atomic E-state index is 11.7. The Bertz CT molecular complexity index is 550. The molecule has 0 saturated carbocycles. The number of aliphatic hydroxyl groups excluding tert-OH is 1. The zero-order valence-electron chi connectivity index (χ0n) is 10.2. The van der Waals surface area contributed by atoms with E-state index in [9.17, 15) is 13.5 Å². The van der Waals surface area contributed by atoms with Crippen molar-refractivity contribution in [3.63, 3.8) is 0 Å². The summed E-state index contributed by atoms with van der Waals surface area (Å²) in [6.07, 6.45) is 4.74. The van der Waals surface area contributed by atoms with Crippen LogP contribution in [0.4, 0.5) is 0 Å². The monoisotopic (exact) mass is 270 g/mol. The zero-order valence-corrected chi connectivity index (χ0v) is 11.1. The topological polar surface area (TPSA) is 72.2 Å². The van der Waals surface area contributed by atoms with E-state index in [1.807, 2.05) is 10.8 Å². The number of sulfone groups is 1. The number of aryl methyl sites for hydroxylation is 1. The predicted molar refractivity (Wildman–Crippen MR) is 67.0 cm³/mol. The smallest absolute Gasteiger partial charge is 0.150 e. The number of hydrogen-bond acceptors (Lipinski definition) is 4. The molecule has 2 unspecified atom stereocenters. The van der Waals surface area contributed by atoms with Gasteiger partial charge >= 0.3 is 0 Å². The van der Waals surface area contributed by atoms with Crippen molar-refractivity contribution in [2.75, 3.05) is 11.5 Å². The summed E-state index contributed by atoms with van der Waals surface area (Å²) in [7, 11) is -2.91. The van der Waals surface area contributed by atoms with Crippen LogP contribution in [0.15, 0.2) is 6.20 Å². The highest BCUT2D eigenvalue weighted by Gasteiger charge is 2.29. The highest BCUT2D eigenvalue weighted by Crippen LogP contribution is 2.31. The molecule has 0 bridgehead atoms. The highest BCUT2D eigenvalue weighted by molar-refractivity contribution is 7.91. The minimum atomic E-state index is -2.91. The Balaban J connectivity index is 1.89. The van der Waals surface area contributed by atoms with Gasteiger partial charge in [0.2, 0.25) is 0 Å². The molecule has 1 aromatic heterocycles. The highest BCUT2D eigenvalue weighted by atomic mass is 32.2. The first kappa shape index (κ1) is 12.2. The summed E-state index contributed by atoms with van der Waals surface area (Å²) < 4.78 is 25.3. The predicted octanol–water partition coefficient (Wildman–Crippen LogP) is 1.00. The molecule has 2 aliphatic rings. The van der Waals surface area contributed by atoms with Gasteiger partial charge in [-0.15, -0.1) is 0 Å². The number of imidazole rings is 1. The van der Waals surface area contributed by atoms with Gasteiger partial charge in [0.15, 0.2) is 9.84 Å². The molecule has 0 aliphatic carbocycles. The number of aromatic nitrogens is 2. The van der Waals surface area contributed by atoms with E-state index in [1.54, 1.807) is 0 Å². The molecule has 6 heteroatoms. The largest absolute Gasteiger partial charge is 0.385 e. The molecule has 1 aromatic rings.